The Kier molecular flexibility index (Phi) is 4.58. The predicted octanol–water partition coefficient (Wildman–Crippen LogP) is 2.83. The monoisotopic (exact) mass is 220 g/mol. The highest BCUT2D eigenvalue weighted by atomic mass is 16.5. The molecule has 0 heterocycles. The molecule has 86 valence electrons. The summed E-state index contributed by atoms with van der Waals surface area (Å²) in [6.07, 6.45) is 1.33. The Morgan fingerprint density at radius 1 is 1.38 bits per heavy atom. The molecular formula is C13H16O3. The number of aliphatic carboxylic acids is 1. The van der Waals surface area contributed by atoms with Crippen molar-refractivity contribution in [1.82, 2.24) is 0 Å². The van der Waals surface area contributed by atoms with Crippen LogP contribution in [0, 0.1) is 5.92 Å². The minimum atomic E-state index is -0.928. The van der Waals surface area contributed by atoms with Crippen molar-refractivity contribution in [2.75, 3.05) is 0 Å². The van der Waals surface area contributed by atoms with E-state index in [-0.39, 0.29) is 11.5 Å². The highest BCUT2D eigenvalue weighted by Crippen LogP contribution is 2.10. The number of carbonyl (C=O) groups is 1. The normalized spacial score (nSPS) is 11.6. The van der Waals surface area contributed by atoms with E-state index in [9.17, 15) is 4.79 Å². The van der Waals surface area contributed by atoms with Gasteiger partial charge in [0.2, 0.25) is 0 Å². The Hall–Kier alpha value is -1.77. The van der Waals surface area contributed by atoms with Gasteiger partial charge >= 0.3 is 5.97 Å². The Bertz CT molecular complexity index is 366. The number of rotatable bonds is 5. The molecule has 0 bridgehead atoms. The minimum absolute atomic E-state index is 0.0479. The lowest BCUT2D eigenvalue weighted by Gasteiger charge is -2.07. The molecule has 0 amide bonds. The van der Waals surface area contributed by atoms with Crippen LogP contribution in [0.15, 0.2) is 42.2 Å². The SMILES string of the molecule is CC(C)C(=COCc1ccccc1)C(=O)O. The van der Waals surface area contributed by atoms with E-state index in [4.69, 9.17) is 9.84 Å². The highest BCUT2D eigenvalue weighted by Gasteiger charge is 2.11. The van der Waals surface area contributed by atoms with Crippen LogP contribution in [0.1, 0.15) is 19.4 Å². The molecule has 0 aliphatic rings. The van der Waals surface area contributed by atoms with Gasteiger partial charge < -0.3 is 9.84 Å². The molecule has 3 heteroatoms. The van der Waals surface area contributed by atoms with Crippen LogP contribution in [0.5, 0.6) is 0 Å². The summed E-state index contributed by atoms with van der Waals surface area (Å²) in [6, 6.07) is 9.63. The van der Waals surface area contributed by atoms with Crippen molar-refractivity contribution in [3.05, 3.63) is 47.7 Å². The van der Waals surface area contributed by atoms with Crippen molar-refractivity contribution in [1.29, 1.82) is 0 Å². The number of ether oxygens (including phenoxy) is 1. The van der Waals surface area contributed by atoms with Gasteiger partial charge in [0, 0.05) is 0 Å². The quantitative estimate of drug-likeness (QED) is 0.613. The van der Waals surface area contributed by atoms with Crippen LogP contribution in [0.25, 0.3) is 0 Å². The van der Waals surface area contributed by atoms with Gasteiger partial charge in [-0.3, -0.25) is 0 Å². The van der Waals surface area contributed by atoms with Crippen molar-refractivity contribution in [3.8, 4) is 0 Å². The molecule has 0 atom stereocenters. The number of benzene rings is 1. The van der Waals surface area contributed by atoms with E-state index in [2.05, 4.69) is 0 Å². The second-order valence-electron chi connectivity index (χ2n) is 3.83. The molecule has 0 fully saturated rings. The first-order valence-corrected chi connectivity index (χ1v) is 5.20. The summed E-state index contributed by atoms with van der Waals surface area (Å²) in [6.45, 7) is 4.04. The minimum Gasteiger partial charge on any atom is -0.496 e. The van der Waals surface area contributed by atoms with Gasteiger partial charge in [-0.25, -0.2) is 4.79 Å². The molecule has 1 aromatic carbocycles. The van der Waals surface area contributed by atoms with E-state index in [1.54, 1.807) is 0 Å². The van der Waals surface area contributed by atoms with Crippen molar-refractivity contribution in [3.63, 3.8) is 0 Å². The highest BCUT2D eigenvalue weighted by molar-refractivity contribution is 5.86. The lowest BCUT2D eigenvalue weighted by molar-refractivity contribution is -0.133. The Morgan fingerprint density at radius 3 is 2.50 bits per heavy atom. The maximum atomic E-state index is 10.8. The van der Waals surface area contributed by atoms with Gasteiger partial charge in [0.15, 0.2) is 0 Å². The van der Waals surface area contributed by atoms with Crippen LogP contribution in [0.3, 0.4) is 0 Å². The summed E-state index contributed by atoms with van der Waals surface area (Å²) in [7, 11) is 0. The standard InChI is InChI=1S/C13H16O3/c1-10(2)12(13(14)15)9-16-8-11-6-4-3-5-7-11/h3-7,9-10H,8H2,1-2H3,(H,14,15). The molecule has 1 N–H and O–H groups in total. The summed E-state index contributed by atoms with van der Waals surface area (Å²) in [5.41, 5.74) is 1.31. The Morgan fingerprint density at radius 2 is 2.00 bits per heavy atom. The third kappa shape index (κ3) is 3.77. The van der Waals surface area contributed by atoms with Crippen LogP contribution in [-0.4, -0.2) is 11.1 Å². The van der Waals surface area contributed by atoms with Gasteiger partial charge in [0.25, 0.3) is 0 Å². The van der Waals surface area contributed by atoms with Crippen molar-refractivity contribution in [2.24, 2.45) is 5.92 Å². The first-order valence-electron chi connectivity index (χ1n) is 5.20. The first kappa shape index (κ1) is 12.3. The number of carboxylic acid groups (broad SMARTS) is 1. The van der Waals surface area contributed by atoms with Gasteiger partial charge in [0.1, 0.15) is 6.61 Å². The fraction of sp³-hybridized carbons (Fsp3) is 0.308. The van der Waals surface area contributed by atoms with E-state index in [0.29, 0.717) is 6.61 Å². The van der Waals surface area contributed by atoms with Gasteiger partial charge in [-0.1, -0.05) is 44.2 Å². The molecule has 3 nitrogen and oxygen atoms in total. The summed E-state index contributed by atoms with van der Waals surface area (Å²) >= 11 is 0. The Balaban J connectivity index is 2.56. The molecule has 16 heavy (non-hydrogen) atoms. The van der Waals surface area contributed by atoms with Crippen LogP contribution in [0.2, 0.25) is 0 Å². The van der Waals surface area contributed by atoms with Gasteiger partial charge in [-0.05, 0) is 11.5 Å². The maximum absolute atomic E-state index is 10.8. The van der Waals surface area contributed by atoms with E-state index < -0.39 is 5.97 Å². The summed E-state index contributed by atoms with van der Waals surface area (Å²) in [4.78, 5) is 10.8. The molecule has 0 aromatic heterocycles. The molecule has 0 radical (unpaired) electrons. The first-order chi connectivity index (χ1) is 7.61. The summed E-state index contributed by atoms with van der Waals surface area (Å²) in [5.74, 6) is -0.976. The van der Waals surface area contributed by atoms with Gasteiger partial charge in [0.05, 0.1) is 11.8 Å². The zero-order valence-electron chi connectivity index (χ0n) is 9.51. The van der Waals surface area contributed by atoms with Crippen LogP contribution >= 0.6 is 0 Å². The molecule has 0 aliphatic heterocycles. The van der Waals surface area contributed by atoms with E-state index in [1.807, 2.05) is 44.2 Å². The molecule has 0 unspecified atom stereocenters. The smallest absolute Gasteiger partial charge is 0.334 e. The summed E-state index contributed by atoms with van der Waals surface area (Å²) in [5, 5.41) is 8.89. The lowest BCUT2D eigenvalue weighted by Crippen LogP contribution is -2.07. The molecule has 1 aromatic rings. The van der Waals surface area contributed by atoms with Crippen molar-refractivity contribution >= 4 is 5.97 Å². The zero-order chi connectivity index (χ0) is 12.0. The molecule has 0 aliphatic carbocycles. The Labute approximate surface area is 95.4 Å². The largest absolute Gasteiger partial charge is 0.496 e. The van der Waals surface area contributed by atoms with Crippen LogP contribution in [-0.2, 0) is 16.1 Å². The predicted molar refractivity (Wildman–Crippen MR) is 61.8 cm³/mol. The topological polar surface area (TPSA) is 46.5 Å². The number of hydrogen-bond donors (Lipinski definition) is 1. The van der Waals surface area contributed by atoms with E-state index in [0.717, 1.165) is 5.56 Å². The fourth-order valence-corrected chi connectivity index (χ4v) is 1.24. The number of hydrogen-bond acceptors (Lipinski definition) is 2. The third-order valence-electron chi connectivity index (χ3n) is 2.17. The maximum Gasteiger partial charge on any atom is 0.334 e. The van der Waals surface area contributed by atoms with Crippen molar-refractivity contribution < 1.29 is 14.6 Å². The fourth-order valence-electron chi connectivity index (χ4n) is 1.24. The molecule has 0 spiro atoms. The van der Waals surface area contributed by atoms with Crippen LogP contribution in [0.4, 0.5) is 0 Å². The van der Waals surface area contributed by atoms with Gasteiger partial charge in [-0.15, -0.1) is 0 Å². The third-order valence-corrected chi connectivity index (χ3v) is 2.17. The van der Waals surface area contributed by atoms with E-state index in [1.165, 1.54) is 6.26 Å². The molecule has 0 saturated heterocycles. The second-order valence-corrected chi connectivity index (χ2v) is 3.83. The van der Waals surface area contributed by atoms with E-state index >= 15 is 0 Å². The molecule has 1 rings (SSSR count). The summed E-state index contributed by atoms with van der Waals surface area (Å²) < 4.78 is 5.26. The average Bonchev–Trinajstić information content (AvgIpc) is 2.24. The zero-order valence-corrected chi connectivity index (χ0v) is 9.51. The molecular weight excluding hydrogens is 204 g/mol. The molecule has 0 saturated carbocycles. The second kappa shape index (κ2) is 5.95. The van der Waals surface area contributed by atoms with Gasteiger partial charge in [-0.2, -0.15) is 0 Å². The van der Waals surface area contributed by atoms with Crippen LogP contribution < -0.4 is 0 Å². The lowest BCUT2D eigenvalue weighted by atomic mass is 10.1. The van der Waals surface area contributed by atoms with Crippen molar-refractivity contribution in [2.45, 2.75) is 20.5 Å². The average molecular weight is 220 g/mol. The number of carboxylic acids is 1.